The third kappa shape index (κ3) is 15.5. The molecule has 0 bridgehead atoms. The van der Waals surface area contributed by atoms with E-state index in [-0.39, 0.29) is 42.0 Å². The highest BCUT2D eigenvalue weighted by Crippen LogP contribution is 2.16. The standard InChI is InChI=1S/C46H60N4O7/c1-28(2)25-38(45(54)55)47-27-40(30(5)6)49-42(51)36-21-17-34(18-22-36)15-13-32-9-11-33(12-10-32)14-16-35-19-23-37(24-20-35)43(52)50-41(31(7)8)44(53)48-39(46(56)57)26-29(3)4/h9-24,28-31,38-41,47H,25-27H2,1-8H3,(H,48,53)(H,49,51)(H,50,52)(H,54,55)(H,56,57)/b15-13+,16-14+/t38-,39-,40+,41-/m0/s1. The predicted molar refractivity (Wildman–Crippen MR) is 227 cm³/mol. The van der Waals surface area contributed by atoms with Crippen molar-refractivity contribution >= 4 is 54.0 Å². The Balaban J connectivity index is 1.55. The minimum atomic E-state index is -1.11. The summed E-state index contributed by atoms with van der Waals surface area (Å²) >= 11 is 0. The van der Waals surface area contributed by atoms with Crippen molar-refractivity contribution in [1.82, 2.24) is 21.3 Å². The first kappa shape index (κ1) is 45.8. The van der Waals surface area contributed by atoms with Gasteiger partial charge in [0.2, 0.25) is 5.91 Å². The number of aliphatic carboxylic acids is 2. The predicted octanol–water partition coefficient (Wildman–Crippen LogP) is 7.24. The maximum atomic E-state index is 13.0. The number of benzene rings is 3. The van der Waals surface area contributed by atoms with E-state index in [0.717, 1.165) is 22.3 Å². The molecule has 3 amide bonds. The van der Waals surface area contributed by atoms with Gasteiger partial charge in [-0.3, -0.25) is 19.2 Å². The van der Waals surface area contributed by atoms with Crippen LogP contribution in [0.3, 0.4) is 0 Å². The Labute approximate surface area is 337 Å². The van der Waals surface area contributed by atoms with Gasteiger partial charge < -0.3 is 31.5 Å². The van der Waals surface area contributed by atoms with E-state index >= 15 is 0 Å². The molecule has 11 nitrogen and oxygen atoms in total. The highest BCUT2D eigenvalue weighted by Gasteiger charge is 2.29. The number of hydrogen-bond acceptors (Lipinski definition) is 6. The van der Waals surface area contributed by atoms with E-state index in [2.05, 4.69) is 21.3 Å². The zero-order valence-electron chi connectivity index (χ0n) is 34.4. The number of carboxylic acids is 2. The second-order valence-electron chi connectivity index (χ2n) is 16.1. The maximum absolute atomic E-state index is 13.0. The molecule has 0 aliphatic heterocycles. The molecule has 306 valence electrons. The monoisotopic (exact) mass is 780 g/mol. The Kier molecular flexibility index (Phi) is 17.9. The molecule has 0 spiro atoms. The van der Waals surface area contributed by atoms with Crippen molar-refractivity contribution in [2.24, 2.45) is 23.7 Å². The molecule has 4 atom stereocenters. The van der Waals surface area contributed by atoms with Crippen molar-refractivity contribution in [3.63, 3.8) is 0 Å². The molecule has 0 heterocycles. The summed E-state index contributed by atoms with van der Waals surface area (Å²) < 4.78 is 0. The molecular formula is C46H60N4O7. The molecule has 0 radical (unpaired) electrons. The van der Waals surface area contributed by atoms with Crippen molar-refractivity contribution in [2.75, 3.05) is 6.54 Å². The summed E-state index contributed by atoms with van der Waals surface area (Å²) in [6.07, 6.45) is 8.67. The van der Waals surface area contributed by atoms with Crippen LogP contribution in [0.4, 0.5) is 0 Å². The summed E-state index contributed by atoms with van der Waals surface area (Å²) in [6, 6.07) is 19.5. The fourth-order valence-electron chi connectivity index (χ4n) is 6.03. The number of carbonyl (C=O) groups excluding carboxylic acids is 3. The van der Waals surface area contributed by atoms with Crippen molar-refractivity contribution in [3.05, 3.63) is 106 Å². The fraction of sp³-hybridized carbons (Fsp3) is 0.413. The number of amides is 3. The molecule has 3 rings (SSSR count). The highest BCUT2D eigenvalue weighted by molar-refractivity contribution is 5.98. The van der Waals surface area contributed by atoms with Gasteiger partial charge in [0.1, 0.15) is 18.1 Å². The van der Waals surface area contributed by atoms with Gasteiger partial charge in [-0.15, -0.1) is 0 Å². The van der Waals surface area contributed by atoms with Crippen molar-refractivity contribution in [1.29, 1.82) is 0 Å². The number of nitrogens with one attached hydrogen (secondary N) is 4. The Morgan fingerprint density at radius 2 is 0.877 bits per heavy atom. The molecule has 11 heteroatoms. The second kappa shape index (κ2) is 22.3. The molecule has 0 aromatic heterocycles. The van der Waals surface area contributed by atoms with Crippen LogP contribution in [0.5, 0.6) is 0 Å². The Morgan fingerprint density at radius 3 is 1.23 bits per heavy atom. The topological polar surface area (TPSA) is 174 Å². The van der Waals surface area contributed by atoms with Gasteiger partial charge in [-0.1, -0.05) is 128 Å². The van der Waals surface area contributed by atoms with Gasteiger partial charge in [0.15, 0.2) is 0 Å². The van der Waals surface area contributed by atoms with Gasteiger partial charge in [0.05, 0.1) is 0 Å². The summed E-state index contributed by atoms with van der Waals surface area (Å²) in [7, 11) is 0. The largest absolute Gasteiger partial charge is 0.480 e. The van der Waals surface area contributed by atoms with E-state index < -0.39 is 41.9 Å². The van der Waals surface area contributed by atoms with E-state index in [1.807, 2.05) is 114 Å². The molecule has 6 N–H and O–H groups in total. The van der Waals surface area contributed by atoms with E-state index in [1.165, 1.54) is 0 Å². The smallest absolute Gasteiger partial charge is 0.326 e. The molecule has 3 aromatic rings. The van der Waals surface area contributed by atoms with Gasteiger partial charge in [-0.05, 0) is 83.0 Å². The van der Waals surface area contributed by atoms with E-state index in [0.29, 0.717) is 24.1 Å². The summed E-state index contributed by atoms with van der Waals surface area (Å²) in [5.74, 6) is -3.00. The van der Waals surface area contributed by atoms with Gasteiger partial charge in [0, 0.05) is 23.7 Å². The number of carboxylic acid groups (broad SMARTS) is 2. The van der Waals surface area contributed by atoms with Crippen LogP contribution >= 0.6 is 0 Å². The average molecular weight is 781 g/mol. The maximum Gasteiger partial charge on any atom is 0.326 e. The van der Waals surface area contributed by atoms with Crippen molar-refractivity contribution in [2.45, 2.75) is 92.4 Å². The Hall–Kier alpha value is -5.55. The minimum Gasteiger partial charge on any atom is -0.480 e. The second-order valence-corrected chi connectivity index (χ2v) is 16.1. The fourth-order valence-corrected chi connectivity index (χ4v) is 6.03. The van der Waals surface area contributed by atoms with Gasteiger partial charge in [0.25, 0.3) is 11.8 Å². The first-order chi connectivity index (χ1) is 26.9. The number of rotatable bonds is 21. The molecule has 0 fully saturated rings. The lowest BCUT2D eigenvalue weighted by Gasteiger charge is -2.25. The third-order valence-corrected chi connectivity index (χ3v) is 9.49. The van der Waals surface area contributed by atoms with Crippen LogP contribution in [0.2, 0.25) is 0 Å². The molecule has 3 aromatic carbocycles. The van der Waals surface area contributed by atoms with E-state index in [1.54, 1.807) is 38.1 Å². The first-order valence-electron chi connectivity index (χ1n) is 19.7. The summed E-state index contributed by atoms with van der Waals surface area (Å²) in [5.41, 5.74) is 4.71. The summed E-state index contributed by atoms with van der Waals surface area (Å²) in [6.45, 7) is 15.7. The SMILES string of the molecule is CC(C)C[C@H](NC[C@@H](NC(=O)c1ccc(/C=C/c2ccc(/C=C/c3ccc(C(=O)N[C@H](C(=O)N[C@@H](CC(C)C)C(=O)O)C(C)C)cc3)cc2)cc1)C(C)C)C(=O)O. The number of carbonyl (C=O) groups is 5. The third-order valence-electron chi connectivity index (χ3n) is 9.49. The lowest BCUT2D eigenvalue weighted by molar-refractivity contribution is -0.142. The molecule has 0 unspecified atom stereocenters. The molecule has 0 saturated heterocycles. The molecule has 0 aliphatic rings. The first-order valence-corrected chi connectivity index (χ1v) is 19.7. The lowest BCUT2D eigenvalue weighted by atomic mass is 10.00. The summed E-state index contributed by atoms with van der Waals surface area (Å²) in [4.78, 5) is 62.3. The van der Waals surface area contributed by atoms with Crippen LogP contribution in [0.15, 0.2) is 72.8 Å². The van der Waals surface area contributed by atoms with Crippen LogP contribution in [0.1, 0.15) is 111 Å². The van der Waals surface area contributed by atoms with Crippen LogP contribution in [0.25, 0.3) is 24.3 Å². The number of hydrogen-bond donors (Lipinski definition) is 6. The van der Waals surface area contributed by atoms with Crippen molar-refractivity contribution < 1.29 is 34.2 Å². The van der Waals surface area contributed by atoms with Crippen LogP contribution in [-0.2, 0) is 14.4 Å². The molecule has 0 aliphatic carbocycles. The molecular weight excluding hydrogens is 721 g/mol. The lowest BCUT2D eigenvalue weighted by Crippen LogP contribution is -2.53. The normalized spacial score (nSPS) is 13.9. The Morgan fingerprint density at radius 1 is 0.509 bits per heavy atom. The van der Waals surface area contributed by atoms with E-state index in [9.17, 15) is 34.2 Å². The minimum absolute atomic E-state index is 0.0745. The summed E-state index contributed by atoms with van der Waals surface area (Å²) in [5, 5.41) is 30.6. The quantitative estimate of drug-likeness (QED) is 0.0614. The highest BCUT2D eigenvalue weighted by atomic mass is 16.4. The molecule has 0 saturated carbocycles. The zero-order valence-corrected chi connectivity index (χ0v) is 34.4. The van der Waals surface area contributed by atoms with Crippen LogP contribution in [0, 0.1) is 23.7 Å². The van der Waals surface area contributed by atoms with Crippen LogP contribution in [-0.4, -0.2) is 70.6 Å². The average Bonchev–Trinajstić information content (AvgIpc) is 3.15. The molecule has 57 heavy (non-hydrogen) atoms. The van der Waals surface area contributed by atoms with Gasteiger partial charge in [-0.2, -0.15) is 0 Å². The van der Waals surface area contributed by atoms with Gasteiger partial charge in [-0.25, -0.2) is 4.79 Å². The zero-order chi connectivity index (χ0) is 42.2. The van der Waals surface area contributed by atoms with Crippen molar-refractivity contribution in [3.8, 4) is 0 Å². The van der Waals surface area contributed by atoms with E-state index in [4.69, 9.17) is 0 Å². The van der Waals surface area contributed by atoms with Gasteiger partial charge >= 0.3 is 11.9 Å². The Bertz CT molecular complexity index is 1850. The van der Waals surface area contributed by atoms with Crippen LogP contribution < -0.4 is 21.3 Å².